The number of nitrogens with zero attached hydrogens (tertiary/aromatic N) is 2. The third-order valence-corrected chi connectivity index (χ3v) is 4.77. The molecule has 2 rings (SSSR count). The Balaban J connectivity index is 1.89. The molecule has 2 heterocycles. The molecule has 1 fully saturated rings. The van der Waals surface area contributed by atoms with Gasteiger partial charge in [0.2, 0.25) is 5.89 Å². The number of hydrogen-bond donors (Lipinski definition) is 2. The van der Waals surface area contributed by atoms with Gasteiger partial charge in [-0.2, -0.15) is 17.4 Å². The Morgan fingerprint density at radius 2 is 2.20 bits per heavy atom. The van der Waals surface area contributed by atoms with Crippen LogP contribution in [0.3, 0.4) is 0 Å². The fourth-order valence-corrected chi connectivity index (χ4v) is 3.25. The third kappa shape index (κ3) is 3.56. The fraction of sp³-hybridized carbons (Fsp3) is 0.636. The molecule has 0 saturated carbocycles. The molecule has 0 bridgehead atoms. The second-order valence-electron chi connectivity index (χ2n) is 4.70. The van der Waals surface area contributed by atoms with Crippen LogP contribution in [-0.4, -0.2) is 41.9 Å². The molecular formula is C11H17N3O5S. The van der Waals surface area contributed by atoms with Gasteiger partial charge in [0.1, 0.15) is 5.76 Å². The molecule has 112 valence electrons. The van der Waals surface area contributed by atoms with E-state index in [1.165, 1.54) is 10.5 Å². The summed E-state index contributed by atoms with van der Waals surface area (Å²) in [5, 5.41) is 8.88. The van der Waals surface area contributed by atoms with Crippen molar-refractivity contribution in [3.63, 3.8) is 0 Å². The first-order chi connectivity index (χ1) is 9.38. The molecule has 1 aromatic rings. The SMILES string of the molecule is Cc1cnc(CNS(=O)(=O)N2CCC(C(=O)O)CC2)o1. The lowest BCUT2D eigenvalue weighted by Crippen LogP contribution is -2.45. The number of carboxylic acids is 1. The maximum absolute atomic E-state index is 12.0. The zero-order chi connectivity index (χ0) is 14.8. The van der Waals surface area contributed by atoms with Crippen LogP contribution in [-0.2, 0) is 21.5 Å². The first-order valence-corrected chi connectivity index (χ1v) is 7.71. The van der Waals surface area contributed by atoms with Gasteiger partial charge in [0.05, 0.1) is 18.7 Å². The van der Waals surface area contributed by atoms with Crippen molar-refractivity contribution in [1.29, 1.82) is 0 Å². The number of aromatic nitrogens is 1. The number of aryl methyl sites for hydroxylation is 1. The summed E-state index contributed by atoms with van der Waals surface area (Å²) in [6.07, 6.45) is 2.17. The van der Waals surface area contributed by atoms with Crippen molar-refractivity contribution in [3.05, 3.63) is 17.8 Å². The van der Waals surface area contributed by atoms with Crippen molar-refractivity contribution in [1.82, 2.24) is 14.0 Å². The van der Waals surface area contributed by atoms with Crippen LogP contribution in [0.1, 0.15) is 24.5 Å². The molecule has 2 N–H and O–H groups in total. The average Bonchev–Trinajstić information content (AvgIpc) is 2.82. The third-order valence-electron chi connectivity index (χ3n) is 3.22. The molecule has 0 aliphatic carbocycles. The zero-order valence-corrected chi connectivity index (χ0v) is 11.9. The van der Waals surface area contributed by atoms with E-state index < -0.39 is 22.1 Å². The maximum Gasteiger partial charge on any atom is 0.306 e. The highest BCUT2D eigenvalue weighted by Crippen LogP contribution is 2.19. The summed E-state index contributed by atoms with van der Waals surface area (Å²) in [5.41, 5.74) is 0. The van der Waals surface area contributed by atoms with E-state index >= 15 is 0 Å². The molecule has 0 aromatic carbocycles. The Kier molecular flexibility index (Phi) is 4.41. The van der Waals surface area contributed by atoms with Gasteiger partial charge >= 0.3 is 5.97 Å². The minimum atomic E-state index is -3.63. The standard InChI is InChI=1S/C11H17N3O5S/c1-8-6-12-10(19-8)7-13-20(17,18)14-4-2-9(3-5-14)11(15)16/h6,9,13H,2-5,7H2,1H3,(H,15,16). The van der Waals surface area contributed by atoms with Crippen LogP contribution in [0.15, 0.2) is 10.6 Å². The van der Waals surface area contributed by atoms with Crippen LogP contribution in [0.2, 0.25) is 0 Å². The summed E-state index contributed by atoms with van der Waals surface area (Å²) in [5.74, 6) is -0.422. The van der Waals surface area contributed by atoms with E-state index in [0.717, 1.165) is 0 Å². The molecule has 20 heavy (non-hydrogen) atoms. The Hall–Kier alpha value is -1.45. The lowest BCUT2D eigenvalue weighted by Gasteiger charge is -2.29. The first-order valence-electron chi connectivity index (χ1n) is 6.27. The highest BCUT2D eigenvalue weighted by Gasteiger charge is 2.30. The molecule has 1 aliphatic rings. The van der Waals surface area contributed by atoms with Gasteiger partial charge in [-0.1, -0.05) is 0 Å². The number of aliphatic carboxylic acids is 1. The van der Waals surface area contributed by atoms with Gasteiger partial charge in [-0.25, -0.2) is 4.98 Å². The Morgan fingerprint density at radius 3 is 2.70 bits per heavy atom. The molecule has 0 amide bonds. The predicted molar refractivity (Wildman–Crippen MR) is 68.9 cm³/mol. The minimum absolute atomic E-state index is 0.0188. The van der Waals surface area contributed by atoms with E-state index in [9.17, 15) is 13.2 Å². The Labute approximate surface area is 117 Å². The number of nitrogens with one attached hydrogen (secondary N) is 1. The summed E-state index contributed by atoms with van der Waals surface area (Å²) >= 11 is 0. The zero-order valence-electron chi connectivity index (χ0n) is 11.1. The van der Waals surface area contributed by atoms with Gasteiger partial charge in [0, 0.05) is 13.1 Å². The molecule has 0 spiro atoms. The lowest BCUT2D eigenvalue weighted by atomic mass is 9.99. The normalized spacial score (nSPS) is 18.2. The summed E-state index contributed by atoms with van der Waals surface area (Å²) < 4.78 is 32.9. The van der Waals surface area contributed by atoms with Crippen molar-refractivity contribution in [2.24, 2.45) is 5.92 Å². The van der Waals surface area contributed by atoms with Crippen molar-refractivity contribution >= 4 is 16.2 Å². The summed E-state index contributed by atoms with van der Waals surface area (Å²) in [4.78, 5) is 14.7. The van der Waals surface area contributed by atoms with Crippen LogP contribution in [0.4, 0.5) is 0 Å². The molecule has 9 heteroatoms. The van der Waals surface area contributed by atoms with Gasteiger partial charge in [-0.15, -0.1) is 0 Å². The molecule has 8 nitrogen and oxygen atoms in total. The van der Waals surface area contributed by atoms with E-state index in [1.807, 2.05) is 0 Å². The van der Waals surface area contributed by atoms with E-state index in [-0.39, 0.29) is 19.6 Å². The number of piperidine rings is 1. The molecule has 1 aromatic heterocycles. The van der Waals surface area contributed by atoms with Crippen LogP contribution in [0, 0.1) is 12.8 Å². The van der Waals surface area contributed by atoms with Gasteiger partial charge in [-0.3, -0.25) is 4.79 Å². The minimum Gasteiger partial charge on any atom is -0.481 e. The number of oxazole rings is 1. The van der Waals surface area contributed by atoms with E-state index in [4.69, 9.17) is 9.52 Å². The van der Waals surface area contributed by atoms with E-state index in [1.54, 1.807) is 6.92 Å². The van der Waals surface area contributed by atoms with Crippen molar-refractivity contribution in [2.45, 2.75) is 26.3 Å². The fourth-order valence-electron chi connectivity index (χ4n) is 2.07. The molecular weight excluding hydrogens is 286 g/mol. The maximum atomic E-state index is 12.0. The second kappa shape index (κ2) is 5.90. The Morgan fingerprint density at radius 1 is 1.55 bits per heavy atom. The van der Waals surface area contributed by atoms with Gasteiger partial charge in [0.15, 0.2) is 0 Å². The van der Waals surface area contributed by atoms with Crippen molar-refractivity contribution < 1.29 is 22.7 Å². The molecule has 0 radical (unpaired) electrons. The Bertz CT molecular complexity index is 575. The van der Waals surface area contributed by atoms with Crippen molar-refractivity contribution in [3.8, 4) is 0 Å². The lowest BCUT2D eigenvalue weighted by molar-refractivity contribution is -0.142. The number of carboxylic acid groups (broad SMARTS) is 1. The molecule has 1 aliphatic heterocycles. The largest absolute Gasteiger partial charge is 0.481 e. The first kappa shape index (κ1) is 14.9. The summed E-state index contributed by atoms with van der Waals surface area (Å²) in [7, 11) is -3.63. The second-order valence-corrected chi connectivity index (χ2v) is 6.46. The monoisotopic (exact) mass is 303 g/mol. The molecule has 1 saturated heterocycles. The van der Waals surface area contributed by atoms with E-state index in [0.29, 0.717) is 24.5 Å². The van der Waals surface area contributed by atoms with Crippen LogP contribution >= 0.6 is 0 Å². The van der Waals surface area contributed by atoms with E-state index in [2.05, 4.69) is 9.71 Å². The molecule has 0 unspecified atom stereocenters. The smallest absolute Gasteiger partial charge is 0.306 e. The van der Waals surface area contributed by atoms with Crippen LogP contribution in [0.5, 0.6) is 0 Å². The highest BCUT2D eigenvalue weighted by molar-refractivity contribution is 7.87. The van der Waals surface area contributed by atoms with Crippen LogP contribution in [0.25, 0.3) is 0 Å². The average molecular weight is 303 g/mol. The molecule has 0 atom stereocenters. The van der Waals surface area contributed by atoms with Crippen molar-refractivity contribution in [2.75, 3.05) is 13.1 Å². The number of carbonyl (C=O) groups is 1. The summed E-state index contributed by atoms with van der Waals surface area (Å²) in [6.45, 7) is 2.12. The van der Waals surface area contributed by atoms with Crippen LogP contribution < -0.4 is 4.72 Å². The topological polar surface area (TPSA) is 113 Å². The number of hydrogen-bond acceptors (Lipinski definition) is 5. The quantitative estimate of drug-likeness (QED) is 0.798. The van der Waals surface area contributed by atoms with Gasteiger partial charge in [-0.05, 0) is 19.8 Å². The summed E-state index contributed by atoms with van der Waals surface area (Å²) in [6, 6.07) is 0. The predicted octanol–water partition coefficient (Wildman–Crippen LogP) is 0.114. The number of rotatable bonds is 5. The van der Waals surface area contributed by atoms with Gasteiger partial charge in [0.25, 0.3) is 10.2 Å². The highest BCUT2D eigenvalue weighted by atomic mass is 32.2. The van der Waals surface area contributed by atoms with Gasteiger partial charge < -0.3 is 9.52 Å².